The Labute approximate surface area is 206 Å². The molecule has 186 valence electrons. The second-order valence-corrected chi connectivity index (χ2v) is 10.9. The summed E-state index contributed by atoms with van der Waals surface area (Å²) in [6, 6.07) is 9.47. The molecule has 0 unspecified atom stereocenters. The van der Waals surface area contributed by atoms with E-state index in [1.54, 1.807) is 38.7 Å². The van der Waals surface area contributed by atoms with Crippen molar-refractivity contribution in [2.45, 2.75) is 64.2 Å². The topological polar surface area (TPSA) is 73.2 Å². The number of hydrogen-bond acceptors (Lipinski definition) is 7. The second-order valence-electron chi connectivity index (χ2n) is 10.9. The molecule has 0 atom stereocenters. The van der Waals surface area contributed by atoms with Crippen LogP contribution in [-0.4, -0.2) is 43.0 Å². The van der Waals surface area contributed by atoms with E-state index in [0.29, 0.717) is 52.9 Å². The molecule has 3 heterocycles. The second kappa shape index (κ2) is 8.57. The average Bonchev–Trinajstić information content (AvgIpc) is 2.81. The van der Waals surface area contributed by atoms with Gasteiger partial charge in [-0.3, -0.25) is 9.69 Å². The molecular formula is C28H34N2O5. The molecule has 7 nitrogen and oxygen atoms in total. The summed E-state index contributed by atoms with van der Waals surface area (Å²) in [7, 11) is 3.16. The van der Waals surface area contributed by atoms with Crippen molar-refractivity contribution in [1.29, 1.82) is 0 Å². The Morgan fingerprint density at radius 3 is 2.40 bits per heavy atom. The van der Waals surface area contributed by atoms with Crippen LogP contribution in [0.3, 0.4) is 0 Å². The van der Waals surface area contributed by atoms with E-state index in [4.69, 9.17) is 18.6 Å². The van der Waals surface area contributed by atoms with Crippen molar-refractivity contribution in [3.05, 3.63) is 52.4 Å². The quantitative estimate of drug-likeness (QED) is 0.569. The van der Waals surface area contributed by atoms with Gasteiger partial charge in [-0.25, -0.2) is 0 Å². The van der Waals surface area contributed by atoms with Crippen LogP contribution < -0.4 is 25.0 Å². The highest BCUT2D eigenvalue weighted by Gasteiger charge is 2.41. The molecule has 3 aromatic rings. The lowest BCUT2D eigenvalue weighted by Crippen LogP contribution is -2.62. The molecule has 0 amide bonds. The van der Waals surface area contributed by atoms with Crippen molar-refractivity contribution in [3.63, 3.8) is 0 Å². The van der Waals surface area contributed by atoms with Crippen molar-refractivity contribution in [3.8, 4) is 28.4 Å². The van der Waals surface area contributed by atoms with E-state index in [9.17, 15) is 4.79 Å². The summed E-state index contributed by atoms with van der Waals surface area (Å²) in [5, 5.41) is 4.30. The van der Waals surface area contributed by atoms with Crippen LogP contribution in [0.4, 0.5) is 0 Å². The Kier molecular flexibility index (Phi) is 5.80. The fourth-order valence-electron chi connectivity index (χ4n) is 5.89. The smallest absolute Gasteiger partial charge is 0.200 e. The van der Waals surface area contributed by atoms with Crippen LogP contribution in [0.2, 0.25) is 0 Å². The van der Waals surface area contributed by atoms with Gasteiger partial charge in [0.1, 0.15) is 24.3 Å². The van der Waals surface area contributed by atoms with Crippen molar-refractivity contribution >= 4 is 11.0 Å². The standard InChI is InChI=1S/C28H34N2O5/c1-27(2)12-18(13-28(3,4)29-27)30-14-20-22(35-16-30)10-8-19-25(31)21(15-34-26(19)20)17-7-9-23(32-5)24(11-17)33-6/h7-11,15,18,29H,12-14,16H2,1-6H3. The molecule has 0 bridgehead atoms. The maximum atomic E-state index is 13.5. The molecule has 2 aromatic carbocycles. The van der Waals surface area contributed by atoms with Crippen LogP contribution in [0.1, 0.15) is 46.1 Å². The molecular weight excluding hydrogens is 444 g/mol. The summed E-state index contributed by atoms with van der Waals surface area (Å²) < 4.78 is 23.0. The van der Waals surface area contributed by atoms with Gasteiger partial charge in [-0.1, -0.05) is 6.07 Å². The molecule has 5 rings (SSSR count). The van der Waals surface area contributed by atoms with E-state index in [1.165, 1.54) is 0 Å². The predicted octanol–water partition coefficient (Wildman–Crippen LogP) is 4.94. The largest absolute Gasteiger partial charge is 0.493 e. The van der Waals surface area contributed by atoms with Crippen LogP contribution in [0.15, 0.2) is 45.8 Å². The fourth-order valence-corrected chi connectivity index (χ4v) is 5.89. The van der Waals surface area contributed by atoms with E-state index in [2.05, 4.69) is 37.9 Å². The minimum atomic E-state index is -0.0810. The van der Waals surface area contributed by atoms with Gasteiger partial charge in [-0.05, 0) is 70.4 Å². The third-order valence-electron chi connectivity index (χ3n) is 7.13. The molecule has 0 radical (unpaired) electrons. The van der Waals surface area contributed by atoms with Crippen LogP contribution in [0.25, 0.3) is 22.1 Å². The Balaban J connectivity index is 1.51. The number of hydrogen-bond donors (Lipinski definition) is 1. The van der Waals surface area contributed by atoms with Gasteiger partial charge in [-0.15, -0.1) is 0 Å². The van der Waals surface area contributed by atoms with E-state index >= 15 is 0 Å². The zero-order valence-corrected chi connectivity index (χ0v) is 21.4. The molecule has 1 fully saturated rings. The van der Waals surface area contributed by atoms with Crippen molar-refractivity contribution in [2.75, 3.05) is 21.0 Å². The minimum Gasteiger partial charge on any atom is -0.493 e. The van der Waals surface area contributed by atoms with Crippen LogP contribution in [-0.2, 0) is 6.54 Å². The fraction of sp³-hybridized carbons (Fsp3) is 0.464. The summed E-state index contributed by atoms with van der Waals surface area (Å²) in [5.41, 5.74) is 2.70. The van der Waals surface area contributed by atoms with Gasteiger partial charge >= 0.3 is 0 Å². The first-order chi connectivity index (χ1) is 16.6. The molecule has 2 aliphatic heterocycles. The molecule has 35 heavy (non-hydrogen) atoms. The summed E-state index contributed by atoms with van der Waals surface area (Å²) >= 11 is 0. The van der Waals surface area contributed by atoms with E-state index in [1.807, 2.05) is 12.1 Å². The first-order valence-corrected chi connectivity index (χ1v) is 12.1. The summed E-state index contributed by atoms with van der Waals surface area (Å²) in [4.78, 5) is 15.9. The Morgan fingerprint density at radius 1 is 1.00 bits per heavy atom. The van der Waals surface area contributed by atoms with Crippen LogP contribution >= 0.6 is 0 Å². The monoisotopic (exact) mass is 478 g/mol. The zero-order chi connectivity index (χ0) is 25.0. The summed E-state index contributed by atoms with van der Waals surface area (Å²) in [5.74, 6) is 1.95. The first kappa shape index (κ1) is 23.7. The highest BCUT2D eigenvalue weighted by Crippen LogP contribution is 2.38. The van der Waals surface area contributed by atoms with Crippen LogP contribution in [0.5, 0.6) is 17.2 Å². The maximum absolute atomic E-state index is 13.5. The molecule has 1 N–H and O–H groups in total. The van der Waals surface area contributed by atoms with Gasteiger partial charge < -0.3 is 23.9 Å². The number of fused-ring (bicyclic) bond motifs is 3. The van der Waals surface area contributed by atoms with E-state index in [-0.39, 0.29) is 16.5 Å². The number of piperidine rings is 1. The SMILES string of the molecule is COc1ccc(-c2coc3c4c(ccc3c2=O)OCN(C2CC(C)(C)NC(C)(C)C2)C4)cc1OC. The summed E-state index contributed by atoms with van der Waals surface area (Å²) in [6.07, 6.45) is 3.59. The Morgan fingerprint density at radius 2 is 1.71 bits per heavy atom. The van der Waals surface area contributed by atoms with Gasteiger partial charge in [0.15, 0.2) is 11.5 Å². The third-order valence-corrected chi connectivity index (χ3v) is 7.13. The van der Waals surface area contributed by atoms with Gasteiger partial charge in [0.05, 0.1) is 30.7 Å². The summed E-state index contributed by atoms with van der Waals surface area (Å²) in [6.45, 7) is 10.2. The lowest BCUT2D eigenvalue weighted by Gasteiger charge is -2.50. The Hall–Kier alpha value is -3.03. The number of rotatable bonds is 4. The Bertz CT molecular complexity index is 1310. The minimum absolute atomic E-state index is 0.0341. The maximum Gasteiger partial charge on any atom is 0.200 e. The number of nitrogens with zero attached hydrogens (tertiary/aromatic N) is 1. The van der Waals surface area contributed by atoms with Gasteiger partial charge in [-0.2, -0.15) is 0 Å². The highest BCUT2D eigenvalue weighted by molar-refractivity contribution is 5.86. The zero-order valence-electron chi connectivity index (χ0n) is 21.4. The number of methoxy groups -OCH3 is 2. The van der Waals surface area contributed by atoms with Gasteiger partial charge in [0.2, 0.25) is 5.43 Å². The van der Waals surface area contributed by atoms with Crippen molar-refractivity contribution in [1.82, 2.24) is 10.2 Å². The number of benzene rings is 2. The molecule has 2 aliphatic rings. The molecule has 0 spiro atoms. The number of ether oxygens (including phenoxy) is 3. The average molecular weight is 479 g/mol. The van der Waals surface area contributed by atoms with Crippen molar-refractivity contribution < 1.29 is 18.6 Å². The molecule has 7 heteroatoms. The van der Waals surface area contributed by atoms with Crippen molar-refractivity contribution in [2.24, 2.45) is 0 Å². The highest BCUT2D eigenvalue weighted by atomic mass is 16.5. The first-order valence-electron chi connectivity index (χ1n) is 12.1. The van der Waals surface area contributed by atoms with E-state index < -0.39 is 0 Å². The third kappa shape index (κ3) is 4.39. The van der Waals surface area contributed by atoms with Gasteiger partial charge in [0, 0.05) is 23.7 Å². The van der Waals surface area contributed by atoms with E-state index in [0.717, 1.165) is 24.2 Å². The molecule has 0 saturated carbocycles. The molecule has 1 aromatic heterocycles. The normalized spacial score (nSPS) is 19.7. The van der Waals surface area contributed by atoms with Crippen LogP contribution in [0, 0.1) is 0 Å². The van der Waals surface area contributed by atoms with Gasteiger partial charge in [0.25, 0.3) is 0 Å². The lowest BCUT2D eigenvalue weighted by molar-refractivity contribution is 0.00318. The molecule has 1 saturated heterocycles. The lowest BCUT2D eigenvalue weighted by atomic mass is 9.79. The predicted molar refractivity (Wildman–Crippen MR) is 136 cm³/mol. The molecule has 0 aliphatic carbocycles. The number of nitrogens with one attached hydrogen (secondary N) is 1.